The van der Waals surface area contributed by atoms with Crippen LogP contribution in [0.3, 0.4) is 0 Å². The predicted molar refractivity (Wildman–Crippen MR) is 212 cm³/mol. The number of nitrogens with one attached hydrogen (secondary N) is 3. The Balaban J connectivity index is 2.32. The van der Waals surface area contributed by atoms with Crippen LogP contribution in [0.5, 0.6) is 0 Å². The molecule has 0 radical (unpaired) electrons. The molecule has 1 atom stereocenters. The van der Waals surface area contributed by atoms with Gasteiger partial charge in [0.1, 0.15) is 11.8 Å². The van der Waals surface area contributed by atoms with Crippen LogP contribution >= 0.6 is 0 Å². The van der Waals surface area contributed by atoms with E-state index in [9.17, 15) is 24.0 Å². The molecule has 4 N–H and O–H groups in total. The van der Waals surface area contributed by atoms with Gasteiger partial charge in [-0.15, -0.1) is 0 Å². The van der Waals surface area contributed by atoms with Crippen LogP contribution in [0.1, 0.15) is 88.6 Å². The normalized spacial score (nSPS) is 9.66. The Morgan fingerprint density at radius 3 is 1.75 bits per heavy atom. The van der Waals surface area contributed by atoms with E-state index in [0.29, 0.717) is 57.2 Å². The first-order valence-electron chi connectivity index (χ1n) is 17.8. The van der Waals surface area contributed by atoms with Gasteiger partial charge in [0.05, 0.1) is 19.8 Å². The van der Waals surface area contributed by atoms with Crippen LogP contribution in [0.15, 0.2) is 24.3 Å². The molecule has 1 unspecified atom stereocenters. The summed E-state index contributed by atoms with van der Waals surface area (Å²) in [7, 11) is 0. The molecule has 1 aromatic carbocycles. The third-order valence-electron chi connectivity index (χ3n) is 6.98. The predicted octanol–water partition coefficient (Wildman–Crippen LogP) is 2.21. The number of hydrogen-bond donors (Lipinski definition) is 4. The maximum absolute atomic E-state index is 12.8. The van der Waals surface area contributed by atoms with Crippen molar-refractivity contribution in [2.75, 3.05) is 26.3 Å². The molecule has 1 rings (SSSR count). The van der Waals surface area contributed by atoms with Crippen LogP contribution in [-0.4, -0.2) is 72.5 Å². The van der Waals surface area contributed by atoms with Gasteiger partial charge in [0.2, 0.25) is 5.91 Å². The highest BCUT2D eigenvalue weighted by molar-refractivity contribution is 5.95. The van der Waals surface area contributed by atoms with Gasteiger partial charge in [-0.05, 0) is 147 Å². The van der Waals surface area contributed by atoms with Crippen LogP contribution in [-0.2, 0) is 35.3 Å². The van der Waals surface area contributed by atoms with E-state index in [2.05, 4.69) is 111 Å². The van der Waals surface area contributed by atoms with Crippen LogP contribution in [0, 0.1) is 94.7 Å². The Labute approximate surface area is 330 Å². The largest absolute Gasteiger partial charge is 0.392 e. The second kappa shape index (κ2) is 29.7. The van der Waals surface area contributed by atoms with Crippen LogP contribution < -0.4 is 16.0 Å². The van der Waals surface area contributed by atoms with Crippen molar-refractivity contribution in [3.8, 4) is 94.7 Å². The van der Waals surface area contributed by atoms with Gasteiger partial charge < -0.3 is 30.5 Å². The maximum atomic E-state index is 12.8. The van der Waals surface area contributed by atoms with Gasteiger partial charge in [-0.1, -0.05) is 18.1 Å². The van der Waals surface area contributed by atoms with E-state index >= 15 is 0 Å². The summed E-state index contributed by atoms with van der Waals surface area (Å²) in [6, 6.07) is 5.76. The number of aliphatic hydroxyl groups is 1. The van der Waals surface area contributed by atoms with E-state index in [1.807, 2.05) is 0 Å². The number of aliphatic hydroxyl groups excluding tert-OH is 1. The molecule has 0 bridgehead atoms. The molecule has 3 amide bonds. The van der Waals surface area contributed by atoms with Crippen LogP contribution in [0.4, 0.5) is 0 Å². The summed E-state index contributed by atoms with van der Waals surface area (Å²) >= 11 is 0. The highest BCUT2D eigenvalue weighted by Crippen LogP contribution is 2.14. The van der Waals surface area contributed by atoms with E-state index in [1.54, 1.807) is 45.0 Å². The third-order valence-corrected chi connectivity index (χ3v) is 6.98. The Morgan fingerprint density at radius 2 is 1.21 bits per heavy atom. The molecule has 0 saturated carbocycles. The lowest BCUT2D eigenvalue weighted by molar-refractivity contribution is -0.214. The quantitative estimate of drug-likeness (QED) is 0.0845. The zero-order valence-electron chi connectivity index (χ0n) is 32.2. The number of amides is 3. The SMILES string of the molecule is CC#CC#CC#CC#CC#CC#CC#CC#CC(=O)NCC(NC(C)=O)C(=O)CCCOC(C)(C)OCCCC(=O)CCCCNC(=O)c1ccc(CO)cc1. The number of carbonyl (C=O) groups is 5. The van der Waals surface area contributed by atoms with Gasteiger partial charge in [-0.3, -0.25) is 24.0 Å². The summed E-state index contributed by atoms with van der Waals surface area (Å²) in [5.74, 6) is 36.9. The summed E-state index contributed by atoms with van der Waals surface area (Å²) in [5, 5.41) is 17.0. The molecule has 11 nitrogen and oxygen atoms in total. The minimum Gasteiger partial charge on any atom is -0.392 e. The van der Waals surface area contributed by atoms with Crippen molar-refractivity contribution in [2.45, 2.75) is 91.1 Å². The number of benzene rings is 1. The molecule has 0 aliphatic heterocycles. The second-order valence-electron chi connectivity index (χ2n) is 12.0. The first kappa shape index (κ1) is 47.4. The highest BCUT2D eigenvalue weighted by atomic mass is 16.7. The smallest absolute Gasteiger partial charge is 0.296 e. The van der Waals surface area contributed by atoms with E-state index in [4.69, 9.17) is 14.6 Å². The summed E-state index contributed by atoms with van der Waals surface area (Å²) in [6.45, 7) is 7.15. The zero-order valence-corrected chi connectivity index (χ0v) is 32.2. The van der Waals surface area contributed by atoms with Gasteiger partial charge in [-0.2, -0.15) is 0 Å². The fraction of sp³-hybridized carbons (Fsp3) is 0.400. The summed E-state index contributed by atoms with van der Waals surface area (Å²) in [6.07, 6.45) is 3.05. The Kier molecular flexibility index (Phi) is 25.2. The number of ether oxygens (including phenoxy) is 2. The van der Waals surface area contributed by atoms with E-state index < -0.39 is 23.6 Å². The van der Waals surface area contributed by atoms with E-state index in [1.165, 1.54) is 6.92 Å². The molecule has 11 heteroatoms. The average molecular weight is 756 g/mol. The average Bonchev–Trinajstić information content (AvgIpc) is 3.17. The molecular formula is C45H45N3O8. The van der Waals surface area contributed by atoms with E-state index in [-0.39, 0.29) is 43.7 Å². The molecular weight excluding hydrogens is 711 g/mol. The van der Waals surface area contributed by atoms with Crippen molar-refractivity contribution in [1.82, 2.24) is 16.0 Å². The van der Waals surface area contributed by atoms with Gasteiger partial charge in [0.15, 0.2) is 11.6 Å². The Bertz CT molecular complexity index is 2040. The van der Waals surface area contributed by atoms with Crippen molar-refractivity contribution in [2.24, 2.45) is 0 Å². The molecule has 56 heavy (non-hydrogen) atoms. The molecule has 0 saturated heterocycles. The van der Waals surface area contributed by atoms with Crippen molar-refractivity contribution in [3.63, 3.8) is 0 Å². The lowest BCUT2D eigenvalue weighted by Gasteiger charge is -2.26. The number of hydrogen-bond acceptors (Lipinski definition) is 8. The fourth-order valence-electron chi connectivity index (χ4n) is 4.26. The van der Waals surface area contributed by atoms with Crippen molar-refractivity contribution in [1.29, 1.82) is 0 Å². The Morgan fingerprint density at radius 1 is 0.696 bits per heavy atom. The highest BCUT2D eigenvalue weighted by Gasteiger charge is 2.22. The van der Waals surface area contributed by atoms with E-state index in [0.717, 1.165) is 5.56 Å². The molecule has 288 valence electrons. The molecule has 0 aliphatic rings. The minimum absolute atomic E-state index is 0.0773. The van der Waals surface area contributed by atoms with Crippen LogP contribution in [0.25, 0.3) is 0 Å². The fourth-order valence-corrected chi connectivity index (χ4v) is 4.26. The van der Waals surface area contributed by atoms with Crippen LogP contribution in [0.2, 0.25) is 0 Å². The summed E-state index contributed by atoms with van der Waals surface area (Å²) < 4.78 is 11.6. The topological polar surface area (TPSA) is 160 Å². The van der Waals surface area contributed by atoms with Gasteiger partial charge in [-0.25, -0.2) is 0 Å². The number of rotatable bonds is 21. The van der Waals surface area contributed by atoms with Gasteiger partial charge >= 0.3 is 0 Å². The minimum atomic E-state index is -0.956. The number of unbranched alkanes of at least 4 members (excludes halogenated alkanes) is 1. The maximum Gasteiger partial charge on any atom is 0.296 e. The molecule has 1 aromatic rings. The number of carbonyl (C=O) groups excluding carboxylic acids is 5. The molecule has 0 spiro atoms. The van der Waals surface area contributed by atoms with Crippen molar-refractivity contribution < 1.29 is 38.6 Å². The monoisotopic (exact) mass is 755 g/mol. The lowest BCUT2D eigenvalue weighted by atomic mass is 10.1. The standard InChI is InChI=1S/C45H45N3O8/c1-5-6-7-8-9-10-11-12-13-14-15-16-17-18-19-27-43(53)47-35-41(48-37(2)50)42(52)26-23-34-56-45(3,4)55-33-22-25-40(51)24-20-21-32-46-44(54)39-30-28-38(36-49)29-31-39/h28-31,41,49H,20-26,32-36H2,1-4H3,(H,46,54)(H,47,53)(H,48,50). The Hall–Kier alpha value is -6.67. The first-order valence-corrected chi connectivity index (χ1v) is 17.8. The van der Waals surface area contributed by atoms with Gasteiger partial charge in [0, 0.05) is 50.8 Å². The second-order valence-corrected chi connectivity index (χ2v) is 12.0. The number of ketones is 2. The first-order chi connectivity index (χ1) is 27.0. The van der Waals surface area contributed by atoms with Crippen molar-refractivity contribution >= 4 is 29.3 Å². The van der Waals surface area contributed by atoms with Gasteiger partial charge in [0.25, 0.3) is 11.8 Å². The molecule has 0 fully saturated rings. The lowest BCUT2D eigenvalue weighted by Crippen LogP contribution is -2.47. The molecule has 0 heterocycles. The number of Topliss-reactive ketones (excluding diaryl/α,β-unsaturated/α-hetero) is 2. The zero-order chi connectivity index (χ0) is 41.3. The summed E-state index contributed by atoms with van der Waals surface area (Å²) in [5.41, 5.74) is 1.25. The summed E-state index contributed by atoms with van der Waals surface area (Å²) in [4.78, 5) is 61.0. The molecule has 0 aliphatic carbocycles. The third kappa shape index (κ3) is 25.3. The molecule has 0 aromatic heterocycles. The van der Waals surface area contributed by atoms with Crippen molar-refractivity contribution in [3.05, 3.63) is 35.4 Å².